The van der Waals surface area contributed by atoms with Gasteiger partial charge in [-0.05, 0) is 18.6 Å². The van der Waals surface area contributed by atoms with E-state index < -0.39 is 11.9 Å². The third-order valence-corrected chi connectivity index (χ3v) is 3.52. The number of fused-ring (bicyclic) bond motifs is 1. The molecule has 1 aromatic carbocycles. The molecule has 6 nitrogen and oxygen atoms in total. The summed E-state index contributed by atoms with van der Waals surface area (Å²) in [7, 11) is 1.74. The second kappa shape index (κ2) is 4.08. The number of amides is 2. The van der Waals surface area contributed by atoms with Crippen molar-refractivity contribution in [1.29, 1.82) is 0 Å². The van der Waals surface area contributed by atoms with Crippen LogP contribution in [-0.2, 0) is 16.6 Å². The molecule has 3 rings (SSSR count). The summed E-state index contributed by atoms with van der Waals surface area (Å²) in [4.78, 5) is 35.4. The van der Waals surface area contributed by atoms with Crippen molar-refractivity contribution in [2.45, 2.75) is 18.9 Å². The molecule has 0 bridgehead atoms. The highest BCUT2D eigenvalue weighted by molar-refractivity contribution is 5.99. The first-order chi connectivity index (χ1) is 9.09. The molecular formula is C13H13N3O3. The molecule has 0 aliphatic carbocycles. The lowest BCUT2D eigenvalue weighted by molar-refractivity contribution is -0.136. The van der Waals surface area contributed by atoms with Crippen molar-refractivity contribution < 1.29 is 9.59 Å². The molecule has 2 heterocycles. The number of piperidine rings is 1. The van der Waals surface area contributed by atoms with E-state index >= 15 is 0 Å². The first kappa shape index (κ1) is 11.7. The Morgan fingerprint density at radius 1 is 1.21 bits per heavy atom. The number of aromatic nitrogens is 2. The van der Waals surface area contributed by atoms with Crippen LogP contribution in [0.5, 0.6) is 0 Å². The first-order valence-electron chi connectivity index (χ1n) is 6.09. The number of rotatable bonds is 1. The summed E-state index contributed by atoms with van der Waals surface area (Å²) in [5.41, 5.74) is 0.574. The van der Waals surface area contributed by atoms with Gasteiger partial charge in [0, 0.05) is 13.5 Å². The van der Waals surface area contributed by atoms with Crippen LogP contribution in [0.2, 0.25) is 0 Å². The highest BCUT2D eigenvalue weighted by Crippen LogP contribution is 2.19. The number of carbonyl (C=O) groups is 2. The summed E-state index contributed by atoms with van der Waals surface area (Å²) < 4.78 is 3.10. The van der Waals surface area contributed by atoms with Gasteiger partial charge in [0.15, 0.2) is 0 Å². The summed E-state index contributed by atoms with van der Waals surface area (Å²) >= 11 is 0. The number of imide groups is 1. The Kier molecular flexibility index (Phi) is 2.51. The average Bonchev–Trinajstić information content (AvgIpc) is 2.64. The minimum absolute atomic E-state index is 0.201. The van der Waals surface area contributed by atoms with E-state index in [1.54, 1.807) is 23.9 Å². The Hall–Kier alpha value is -2.37. The van der Waals surface area contributed by atoms with Gasteiger partial charge in [0.1, 0.15) is 6.04 Å². The topological polar surface area (TPSA) is 73.1 Å². The van der Waals surface area contributed by atoms with Crippen LogP contribution in [0.25, 0.3) is 10.9 Å². The van der Waals surface area contributed by atoms with Gasteiger partial charge in [-0.2, -0.15) is 0 Å². The average molecular weight is 259 g/mol. The van der Waals surface area contributed by atoms with Gasteiger partial charge in [-0.3, -0.25) is 24.4 Å². The molecule has 0 saturated carbocycles. The van der Waals surface area contributed by atoms with Crippen molar-refractivity contribution >= 4 is 22.7 Å². The SMILES string of the molecule is Cn1c2ccccc2c(=O)n1C1CCC(=O)NC1=O. The number of carbonyl (C=O) groups excluding carboxylic acids is 2. The fraction of sp³-hybridized carbons (Fsp3) is 0.308. The van der Waals surface area contributed by atoms with Crippen LogP contribution in [-0.4, -0.2) is 21.2 Å². The van der Waals surface area contributed by atoms with Crippen LogP contribution in [0, 0.1) is 0 Å². The monoisotopic (exact) mass is 259 g/mol. The molecule has 1 unspecified atom stereocenters. The molecular weight excluding hydrogens is 246 g/mol. The highest BCUT2D eigenvalue weighted by Gasteiger charge is 2.31. The van der Waals surface area contributed by atoms with Crippen LogP contribution in [0.3, 0.4) is 0 Å². The molecule has 1 saturated heterocycles. The van der Waals surface area contributed by atoms with Crippen LogP contribution < -0.4 is 10.9 Å². The zero-order chi connectivity index (χ0) is 13.6. The van der Waals surface area contributed by atoms with E-state index in [-0.39, 0.29) is 17.9 Å². The highest BCUT2D eigenvalue weighted by atomic mass is 16.2. The lowest BCUT2D eigenvalue weighted by Gasteiger charge is -2.23. The molecule has 1 atom stereocenters. The number of hydrogen-bond donors (Lipinski definition) is 1. The number of benzene rings is 1. The van der Waals surface area contributed by atoms with Gasteiger partial charge in [-0.1, -0.05) is 12.1 Å². The van der Waals surface area contributed by atoms with Crippen molar-refractivity contribution in [3.8, 4) is 0 Å². The summed E-state index contributed by atoms with van der Waals surface area (Å²) in [6, 6.07) is 6.58. The first-order valence-corrected chi connectivity index (χ1v) is 6.09. The lowest BCUT2D eigenvalue weighted by Crippen LogP contribution is -2.45. The summed E-state index contributed by atoms with van der Waals surface area (Å²) in [5.74, 6) is -0.697. The number of hydrogen-bond acceptors (Lipinski definition) is 3. The van der Waals surface area contributed by atoms with Crippen molar-refractivity contribution in [1.82, 2.24) is 14.7 Å². The normalized spacial score (nSPS) is 19.7. The maximum absolute atomic E-state index is 12.4. The van der Waals surface area contributed by atoms with Gasteiger partial charge < -0.3 is 0 Å². The van der Waals surface area contributed by atoms with Crippen LogP contribution in [0.4, 0.5) is 0 Å². The molecule has 0 spiro atoms. The maximum Gasteiger partial charge on any atom is 0.275 e. The van der Waals surface area contributed by atoms with Gasteiger partial charge in [0.05, 0.1) is 10.9 Å². The standard InChI is InChI=1S/C13H13N3O3/c1-15-9-5-3-2-4-8(9)13(19)16(15)10-6-7-11(17)14-12(10)18/h2-5,10H,6-7H2,1H3,(H,14,17,18). The van der Waals surface area contributed by atoms with Crippen LogP contribution >= 0.6 is 0 Å². The van der Waals surface area contributed by atoms with E-state index in [4.69, 9.17) is 0 Å². The molecule has 19 heavy (non-hydrogen) atoms. The lowest BCUT2D eigenvalue weighted by atomic mass is 10.1. The molecule has 1 fully saturated rings. The number of aryl methyl sites for hydroxylation is 1. The van der Waals surface area contributed by atoms with Crippen molar-refractivity contribution in [2.24, 2.45) is 7.05 Å². The van der Waals surface area contributed by atoms with E-state index in [1.165, 1.54) is 4.68 Å². The Morgan fingerprint density at radius 3 is 2.63 bits per heavy atom. The number of para-hydroxylation sites is 1. The number of nitrogens with one attached hydrogen (secondary N) is 1. The molecule has 2 aromatic rings. The Labute approximate surface area is 108 Å². The third kappa shape index (κ3) is 1.68. The Balaban J connectivity index is 2.18. The Bertz CT molecular complexity index is 741. The minimum atomic E-state index is -0.623. The van der Waals surface area contributed by atoms with Crippen molar-refractivity contribution in [3.05, 3.63) is 34.6 Å². The van der Waals surface area contributed by atoms with E-state index in [9.17, 15) is 14.4 Å². The second-order valence-corrected chi connectivity index (χ2v) is 4.66. The van der Waals surface area contributed by atoms with Gasteiger partial charge in [0.2, 0.25) is 5.91 Å². The fourth-order valence-corrected chi connectivity index (χ4v) is 2.58. The quantitative estimate of drug-likeness (QED) is 0.749. The third-order valence-electron chi connectivity index (χ3n) is 3.52. The molecule has 0 radical (unpaired) electrons. The van der Waals surface area contributed by atoms with E-state index in [2.05, 4.69) is 5.32 Å². The number of nitrogens with zero attached hydrogens (tertiary/aromatic N) is 2. The summed E-state index contributed by atoms with van der Waals surface area (Å²) in [5, 5.41) is 2.85. The smallest absolute Gasteiger partial charge is 0.275 e. The second-order valence-electron chi connectivity index (χ2n) is 4.66. The van der Waals surface area contributed by atoms with Crippen molar-refractivity contribution in [2.75, 3.05) is 0 Å². The maximum atomic E-state index is 12.4. The summed E-state index contributed by atoms with van der Waals surface area (Å²) in [6.45, 7) is 0. The van der Waals surface area contributed by atoms with Gasteiger partial charge >= 0.3 is 0 Å². The predicted octanol–water partition coefficient (Wildman–Crippen LogP) is 0.318. The fourth-order valence-electron chi connectivity index (χ4n) is 2.58. The molecule has 6 heteroatoms. The van der Waals surface area contributed by atoms with Crippen LogP contribution in [0.1, 0.15) is 18.9 Å². The van der Waals surface area contributed by atoms with Gasteiger partial charge in [-0.25, -0.2) is 4.68 Å². The van der Waals surface area contributed by atoms with E-state index in [0.717, 1.165) is 5.52 Å². The van der Waals surface area contributed by atoms with E-state index in [0.29, 0.717) is 11.8 Å². The molecule has 1 aliphatic heterocycles. The van der Waals surface area contributed by atoms with Gasteiger partial charge in [0.25, 0.3) is 11.5 Å². The molecule has 1 N–H and O–H groups in total. The zero-order valence-corrected chi connectivity index (χ0v) is 10.4. The van der Waals surface area contributed by atoms with Crippen molar-refractivity contribution in [3.63, 3.8) is 0 Å². The minimum Gasteiger partial charge on any atom is -0.295 e. The molecule has 1 aliphatic rings. The molecule has 2 amide bonds. The van der Waals surface area contributed by atoms with Gasteiger partial charge in [-0.15, -0.1) is 0 Å². The van der Waals surface area contributed by atoms with Crippen LogP contribution in [0.15, 0.2) is 29.1 Å². The predicted molar refractivity (Wildman–Crippen MR) is 68.6 cm³/mol. The Morgan fingerprint density at radius 2 is 1.95 bits per heavy atom. The molecule has 98 valence electrons. The largest absolute Gasteiger partial charge is 0.295 e. The van der Waals surface area contributed by atoms with E-state index in [1.807, 2.05) is 12.1 Å². The molecule has 1 aromatic heterocycles. The summed E-state index contributed by atoms with van der Waals surface area (Å²) in [6.07, 6.45) is 0.610. The zero-order valence-electron chi connectivity index (χ0n) is 10.4.